The number of halogens is 1. The van der Waals surface area contributed by atoms with E-state index in [1.807, 2.05) is 20.8 Å². The maximum absolute atomic E-state index is 12.5. The Morgan fingerprint density at radius 1 is 1.44 bits per heavy atom. The molecule has 0 aliphatic carbocycles. The Morgan fingerprint density at radius 3 is 2.56 bits per heavy atom. The summed E-state index contributed by atoms with van der Waals surface area (Å²) in [5, 5.41) is 0.572. The predicted octanol–water partition coefficient (Wildman–Crippen LogP) is 3.21. The first kappa shape index (κ1) is 15.0. The van der Waals surface area contributed by atoms with E-state index < -0.39 is 5.41 Å². The normalized spacial score (nSPS) is 11.4. The highest BCUT2D eigenvalue weighted by atomic mass is 35.5. The number of ketones is 1. The van der Waals surface area contributed by atoms with Crippen molar-refractivity contribution in [2.24, 2.45) is 11.1 Å². The van der Waals surface area contributed by atoms with E-state index in [0.29, 0.717) is 29.3 Å². The van der Waals surface area contributed by atoms with Crippen molar-refractivity contribution >= 4 is 17.4 Å². The second kappa shape index (κ2) is 5.72. The molecule has 0 fully saturated rings. The standard InChI is InChI=1S/C14H20ClNO2/c1-9-7-12(18-4)10(8-11(9)15)13(17)14(2,3)5-6-16/h7-8H,5-6,16H2,1-4H3. The Kier molecular flexibility index (Phi) is 4.77. The van der Waals surface area contributed by atoms with Crippen LogP contribution >= 0.6 is 11.6 Å². The van der Waals surface area contributed by atoms with Crippen molar-refractivity contribution in [1.82, 2.24) is 0 Å². The molecule has 1 rings (SSSR count). The molecular weight excluding hydrogens is 250 g/mol. The van der Waals surface area contributed by atoms with E-state index >= 15 is 0 Å². The van der Waals surface area contributed by atoms with Crippen LogP contribution in [0.1, 0.15) is 36.2 Å². The molecule has 1 aromatic carbocycles. The van der Waals surface area contributed by atoms with Crippen LogP contribution in [0.2, 0.25) is 5.02 Å². The molecule has 0 aromatic heterocycles. The molecule has 0 unspecified atom stereocenters. The zero-order chi connectivity index (χ0) is 13.9. The highest BCUT2D eigenvalue weighted by Crippen LogP contribution is 2.33. The third-order valence-corrected chi connectivity index (χ3v) is 3.52. The molecule has 18 heavy (non-hydrogen) atoms. The summed E-state index contributed by atoms with van der Waals surface area (Å²) in [5.74, 6) is 0.568. The lowest BCUT2D eigenvalue weighted by molar-refractivity contribution is 0.0826. The van der Waals surface area contributed by atoms with Crippen molar-refractivity contribution < 1.29 is 9.53 Å². The molecule has 4 heteroatoms. The maximum atomic E-state index is 12.5. The summed E-state index contributed by atoms with van der Waals surface area (Å²) in [6, 6.07) is 3.46. The summed E-state index contributed by atoms with van der Waals surface area (Å²) in [7, 11) is 1.55. The lowest BCUT2D eigenvalue weighted by atomic mass is 9.81. The average Bonchev–Trinajstić information content (AvgIpc) is 2.31. The van der Waals surface area contributed by atoms with Gasteiger partial charge in [0.25, 0.3) is 0 Å². The Hall–Kier alpha value is -1.06. The number of carbonyl (C=O) groups excluding carboxylic acids is 1. The van der Waals surface area contributed by atoms with Gasteiger partial charge in [-0.05, 0) is 37.6 Å². The quantitative estimate of drug-likeness (QED) is 0.835. The maximum Gasteiger partial charge on any atom is 0.172 e. The summed E-state index contributed by atoms with van der Waals surface area (Å²) in [5.41, 5.74) is 6.44. The average molecular weight is 270 g/mol. The lowest BCUT2D eigenvalue weighted by Gasteiger charge is -2.23. The molecular formula is C14H20ClNO2. The summed E-state index contributed by atoms with van der Waals surface area (Å²) in [6.45, 7) is 6.12. The molecule has 0 aliphatic rings. The second-order valence-electron chi connectivity index (χ2n) is 5.05. The van der Waals surface area contributed by atoms with E-state index in [1.54, 1.807) is 19.2 Å². The van der Waals surface area contributed by atoms with Gasteiger partial charge in [0.2, 0.25) is 0 Å². The number of ether oxygens (including phenoxy) is 1. The number of hydrogen-bond acceptors (Lipinski definition) is 3. The van der Waals surface area contributed by atoms with E-state index in [4.69, 9.17) is 22.1 Å². The number of Topliss-reactive ketones (excluding diaryl/α,β-unsaturated/α-hetero) is 1. The van der Waals surface area contributed by atoms with Gasteiger partial charge in [0, 0.05) is 10.4 Å². The Morgan fingerprint density at radius 2 is 2.06 bits per heavy atom. The molecule has 1 aromatic rings. The van der Waals surface area contributed by atoms with Crippen LogP contribution in [-0.4, -0.2) is 19.4 Å². The summed E-state index contributed by atoms with van der Waals surface area (Å²) in [6.07, 6.45) is 0.625. The lowest BCUT2D eigenvalue weighted by Crippen LogP contribution is -2.27. The van der Waals surface area contributed by atoms with E-state index in [9.17, 15) is 4.79 Å². The molecule has 0 heterocycles. The van der Waals surface area contributed by atoms with Gasteiger partial charge in [0.1, 0.15) is 5.75 Å². The molecule has 0 atom stereocenters. The number of methoxy groups -OCH3 is 1. The van der Waals surface area contributed by atoms with Crippen molar-refractivity contribution in [2.75, 3.05) is 13.7 Å². The fraction of sp³-hybridized carbons (Fsp3) is 0.500. The van der Waals surface area contributed by atoms with Gasteiger partial charge in [0.05, 0.1) is 12.7 Å². The minimum absolute atomic E-state index is 0.00620. The second-order valence-corrected chi connectivity index (χ2v) is 5.46. The van der Waals surface area contributed by atoms with Crippen LogP contribution in [0.5, 0.6) is 5.75 Å². The van der Waals surface area contributed by atoms with Crippen molar-refractivity contribution in [1.29, 1.82) is 0 Å². The zero-order valence-corrected chi connectivity index (χ0v) is 12.1. The molecule has 0 radical (unpaired) electrons. The van der Waals surface area contributed by atoms with Gasteiger partial charge in [-0.25, -0.2) is 0 Å². The Bertz CT molecular complexity index is 455. The van der Waals surface area contributed by atoms with Gasteiger partial charge in [-0.2, -0.15) is 0 Å². The number of nitrogens with two attached hydrogens (primary N) is 1. The van der Waals surface area contributed by atoms with Crippen molar-refractivity contribution in [3.05, 3.63) is 28.3 Å². The van der Waals surface area contributed by atoms with Crippen molar-refractivity contribution in [3.63, 3.8) is 0 Å². The molecule has 0 saturated heterocycles. The van der Waals surface area contributed by atoms with Crippen LogP contribution in [0.4, 0.5) is 0 Å². The summed E-state index contributed by atoms with van der Waals surface area (Å²) < 4.78 is 5.26. The number of hydrogen-bond donors (Lipinski definition) is 1. The van der Waals surface area contributed by atoms with E-state index in [2.05, 4.69) is 0 Å². The third-order valence-electron chi connectivity index (χ3n) is 3.11. The van der Waals surface area contributed by atoms with Crippen LogP contribution in [0, 0.1) is 12.3 Å². The fourth-order valence-corrected chi connectivity index (χ4v) is 2.00. The van der Waals surface area contributed by atoms with Crippen LogP contribution in [0.15, 0.2) is 12.1 Å². The first-order chi connectivity index (χ1) is 8.33. The molecule has 3 nitrogen and oxygen atoms in total. The fourth-order valence-electron chi connectivity index (χ4n) is 1.84. The largest absolute Gasteiger partial charge is 0.496 e. The summed E-state index contributed by atoms with van der Waals surface area (Å²) in [4.78, 5) is 12.5. The number of carbonyl (C=O) groups is 1. The highest BCUT2D eigenvalue weighted by molar-refractivity contribution is 6.31. The minimum Gasteiger partial charge on any atom is -0.496 e. The zero-order valence-electron chi connectivity index (χ0n) is 11.3. The molecule has 0 aliphatic heterocycles. The van der Waals surface area contributed by atoms with Gasteiger partial charge in [-0.3, -0.25) is 4.79 Å². The van der Waals surface area contributed by atoms with Gasteiger partial charge >= 0.3 is 0 Å². The molecule has 100 valence electrons. The topological polar surface area (TPSA) is 52.3 Å². The molecule has 2 N–H and O–H groups in total. The van der Waals surface area contributed by atoms with Crippen LogP contribution in [-0.2, 0) is 0 Å². The molecule has 0 saturated carbocycles. The van der Waals surface area contributed by atoms with E-state index in [0.717, 1.165) is 5.56 Å². The highest BCUT2D eigenvalue weighted by Gasteiger charge is 2.30. The Labute approximate surface area is 113 Å². The van der Waals surface area contributed by atoms with Gasteiger partial charge in [-0.1, -0.05) is 25.4 Å². The number of rotatable bonds is 5. The molecule has 0 amide bonds. The van der Waals surface area contributed by atoms with Crippen LogP contribution in [0.3, 0.4) is 0 Å². The number of benzene rings is 1. The van der Waals surface area contributed by atoms with Gasteiger partial charge < -0.3 is 10.5 Å². The summed E-state index contributed by atoms with van der Waals surface area (Å²) >= 11 is 6.08. The minimum atomic E-state index is -0.513. The van der Waals surface area contributed by atoms with Crippen LogP contribution in [0.25, 0.3) is 0 Å². The van der Waals surface area contributed by atoms with E-state index in [1.165, 1.54) is 0 Å². The predicted molar refractivity (Wildman–Crippen MR) is 74.5 cm³/mol. The van der Waals surface area contributed by atoms with E-state index in [-0.39, 0.29) is 5.78 Å². The van der Waals surface area contributed by atoms with Gasteiger partial charge in [-0.15, -0.1) is 0 Å². The molecule has 0 bridgehead atoms. The van der Waals surface area contributed by atoms with Crippen molar-refractivity contribution in [2.45, 2.75) is 27.2 Å². The first-order valence-corrected chi connectivity index (χ1v) is 6.30. The van der Waals surface area contributed by atoms with Crippen molar-refractivity contribution in [3.8, 4) is 5.75 Å². The SMILES string of the molecule is COc1cc(C)c(Cl)cc1C(=O)C(C)(C)CCN. The third kappa shape index (κ3) is 3.03. The van der Waals surface area contributed by atoms with Gasteiger partial charge in [0.15, 0.2) is 5.78 Å². The smallest absolute Gasteiger partial charge is 0.172 e. The Balaban J connectivity index is 3.24. The first-order valence-electron chi connectivity index (χ1n) is 5.92. The monoisotopic (exact) mass is 269 g/mol. The number of aryl methyl sites for hydroxylation is 1. The van der Waals surface area contributed by atoms with Crippen LogP contribution < -0.4 is 10.5 Å². The molecule has 0 spiro atoms.